The summed E-state index contributed by atoms with van der Waals surface area (Å²) in [5, 5.41) is 12.8. The average molecular weight is 285 g/mol. The number of aromatic nitrogens is 2. The highest BCUT2D eigenvalue weighted by Gasteiger charge is 2.41. The van der Waals surface area contributed by atoms with Gasteiger partial charge >= 0.3 is 0 Å². The van der Waals surface area contributed by atoms with Crippen LogP contribution < -0.4 is 5.32 Å². The van der Waals surface area contributed by atoms with Crippen molar-refractivity contribution in [2.45, 2.75) is 38.7 Å². The summed E-state index contributed by atoms with van der Waals surface area (Å²) in [4.78, 5) is 16.2. The van der Waals surface area contributed by atoms with Gasteiger partial charge in [0.05, 0.1) is 12.0 Å². The van der Waals surface area contributed by atoms with E-state index in [9.17, 15) is 9.90 Å². The van der Waals surface area contributed by atoms with Gasteiger partial charge < -0.3 is 15.0 Å². The van der Waals surface area contributed by atoms with Crippen molar-refractivity contribution >= 4 is 11.6 Å². The molecule has 0 saturated heterocycles. The molecule has 0 unspecified atom stereocenters. The number of rotatable bonds is 3. The summed E-state index contributed by atoms with van der Waals surface area (Å²) in [6.45, 7) is 3.99. The number of carbonyl (C=O) groups is 1. The monoisotopic (exact) mass is 285 g/mol. The van der Waals surface area contributed by atoms with Crippen LogP contribution in [-0.2, 0) is 4.79 Å². The molecule has 1 aromatic heterocycles. The third-order valence-corrected chi connectivity index (χ3v) is 4.26. The normalized spacial score (nSPS) is 16.3. The van der Waals surface area contributed by atoms with Crippen molar-refractivity contribution in [2.75, 3.05) is 5.32 Å². The Kier molecular flexibility index (Phi) is 3.29. The fourth-order valence-corrected chi connectivity index (χ4v) is 2.45. The summed E-state index contributed by atoms with van der Waals surface area (Å²) in [6.07, 6.45) is 3.78. The number of nitrogens with one attached hydrogen (secondary N) is 1. The van der Waals surface area contributed by atoms with Crippen LogP contribution in [0.2, 0.25) is 0 Å². The van der Waals surface area contributed by atoms with Gasteiger partial charge in [0, 0.05) is 17.1 Å². The number of benzene rings is 1. The van der Waals surface area contributed by atoms with Crippen LogP contribution in [0.1, 0.15) is 30.7 Å². The molecule has 5 nitrogen and oxygen atoms in total. The molecule has 2 N–H and O–H groups in total. The van der Waals surface area contributed by atoms with Crippen LogP contribution in [0.25, 0.3) is 5.69 Å². The van der Waals surface area contributed by atoms with Crippen molar-refractivity contribution in [3.05, 3.63) is 42.0 Å². The van der Waals surface area contributed by atoms with E-state index in [-0.39, 0.29) is 5.91 Å². The molecular weight excluding hydrogens is 266 g/mol. The van der Waals surface area contributed by atoms with E-state index < -0.39 is 5.60 Å². The van der Waals surface area contributed by atoms with Gasteiger partial charge in [-0.15, -0.1) is 0 Å². The maximum Gasteiger partial charge on any atom is 0.256 e. The lowest BCUT2D eigenvalue weighted by atomic mass is 9.79. The van der Waals surface area contributed by atoms with Gasteiger partial charge in [-0.25, -0.2) is 4.98 Å². The molecule has 0 radical (unpaired) electrons. The molecule has 5 heteroatoms. The highest BCUT2D eigenvalue weighted by atomic mass is 16.3. The van der Waals surface area contributed by atoms with Crippen molar-refractivity contribution in [3.8, 4) is 5.69 Å². The number of imidazole rings is 1. The van der Waals surface area contributed by atoms with Crippen LogP contribution in [0.15, 0.2) is 30.6 Å². The van der Waals surface area contributed by atoms with Crippen LogP contribution >= 0.6 is 0 Å². The van der Waals surface area contributed by atoms with E-state index in [2.05, 4.69) is 10.3 Å². The fraction of sp³-hybridized carbons (Fsp3) is 0.375. The molecule has 0 aliphatic heterocycles. The number of aryl methyl sites for hydroxylation is 1. The molecule has 1 amide bonds. The predicted molar refractivity (Wildman–Crippen MR) is 80.5 cm³/mol. The quantitative estimate of drug-likeness (QED) is 0.909. The van der Waals surface area contributed by atoms with Gasteiger partial charge in [0.25, 0.3) is 5.91 Å². The smallest absolute Gasteiger partial charge is 0.256 e. The molecule has 110 valence electrons. The van der Waals surface area contributed by atoms with E-state index in [0.29, 0.717) is 18.5 Å². The molecule has 21 heavy (non-hydrogen) atoms. The Balaban J connectivity index is 1.75. The Morgan fingerprint density at radius 3 is 2.43 bits per heavy atom. The molecule has 3 rings (SSSR count). The number of carbonyl (C=O) groups excluding carboxylic acids is 1. The summed E-state index contributed by atoms with van der Waals surface area (Å²) < 4.78 is 2.00. The summed E-state index contributed by atoms with van der Waals surface area (Å²) in [7, 11) is 0. The number of amides is 1. The molecule has 0 spiro atoms. The van der Waals surface area contributed by atoms with Gasteiger partial charge in [-0.1, -0.05) is 0 Å². The van der Waals surface area contributed by atoms with Crippen molar-refractivity contribution in [1.29, 1.82) is 0 Å². The van der Waals surface area contributed by atoms with Crippen molar-refractivity contribution in [2.24, 2.45) is 0 Å². The van der Waals surface area contributed by atoms with Crippen molar-refractivity contribution in [3.63, 3.8) is 0 Å². The fourth-order valence-electron chi connectivity index (χ4n) is 2.45. The standard InChI is InChI=1S/C16H19N3O2/c1-11-12(2)19(10-17-11)14-6-4-13(5-7-14)18-15(20)16(21)8-3-9-16/h4-7,10,21H,3,8-9H2,1-2H3,(H,18,20). The van der Waals surface area contributed by atoms with Gasteiger partial charge in [0.2, 0.25) is 0 Å². The van der Waals surface area contributed by atoms with Gasteiger partial charge in [0.15, 0.2) is 0 Å². The third-order valence-electron chi connectivity index (χ3n) is 4.26. The lowest BCUT2D eigenvalue weighted by Crippen LogP contribution is -2.48. The minimum atomic E-state index is -1.17. The molecular formula is C16H19N3O2. The van der Waals surface area contributed by atoms with Crippen LogP contribution in [-0.4, -0.2) is 26.2 Å². The first kappa shape index (κ1) is 13.8. The highest BCUT2D eigenvalue weighted by Crippen LogP contribution is 2.32. The molecule has 1 fully saturated rings. The zero-order valence-electron chi connectivity index (χ0n) is 12.3. The Morgan fingerprint density at radius 2 is 1.95 bits per heavy atom. The maximum absolute atomic E-state index is 12.0. The molecule has 1 aliphatic rings. The first-order valence-electron chi connectivity index (χ1n) is 7.14. The molecule has 1 heterocycles. The van der Waals surface area contributed by atoms with Gasteiger partial charge in [-0.2, -0.15) is 0 Å². The molecule has 1 saturated carbocycles. The minimum absolute atomic E-state index is 0.309. The summed E-state index contributed by atoms with van der Waals surface area (Å²) in [6, 6.07) is 7.52. The van der Waals surface area contributed by atoms with Gasteiger partial charge in [-0.3, -0.25) is 4.79 Å². The van der Waals surface area contributed by atoms with E-state index in [1.54, 1.807) is 6.33 Å². The van der Waals surface area contributed by atoms with E-state index in [0.717, 1.165) is 23.5 Å². The van der Waals surface area contributed by atoms with Crippen LogP contribution in [0.3, 0.4) is 0 Å². The lowest BCUT2D eigenvalue weighted by molar-refractivity contribution is -0.142. The number of nitrogens with zero attached hydrogens (tertiary/aromatic N) is 2. The molecule has 1 aromatic carbocycles. The van der Waals surface area contributed by atoms with E-state index in [4.69, 9.17) is 0 Å². The first-order chi connectivity index (χ1) is 9.99. The van der Waals surface area contributed by atoms with E-state index in [1.807, 2.05) is 42.7 Å². The Bertz CT molecular complexity index is 669. The van der Waals surface area contributed by atoms with Crippen LogP contribution in [0.4, 0.5) is 5.69 Å². The number of anilines is 1. The second-order valence-electron chi connectivity index (χ2n) is 5.67. The Morgan fingerprint density at radius 1 is 1.29 bits per heavy atom. The number of hydrogen-bond donors (Lipinski definition) is 2. The largest absolute Gasteiger partial charge is 0.380 e. The Hall–Kier alpha value is -2.14. The maximum atomic E-state index is 12.0. The summed E-state index contributed by atoms with van der Waals surface area (Å²) in [5.74, 6) is -0.309. The lowest BCUT2D eigenvalue weighted by Gasteiger charge is -2.34. The van der Waals surface area contributed by atoms with E-state index in [1.165, 1.54) is 0 Å². The van der Waals surface area contributed by atoms with Crippen LogP contribution in [0.5, 0.6) is 0 Å². The van der Waals surface area contributed by atoms with Crippen LogP contribution in [0, 0.1) is 13.8 Å². The number of aliphatic hydroxyl groups is 1. The third kappa shape index (κ3) is 2.45. The van der Waals surface area contributed by atoms with Crippen molar-refractivity contribution in [1.82, 2.24) is 9.55 Å². The van der Waals surface area contributed by atoms with E-state index >= 15 is 0 Å². The molecule has 0 atom stereocenters. The number of hydrogen-bond acceptors (Lipinski definition) is 3. The molecule has 0 bridgehead atoms. The van der Waals surface area contributed by atoms with Gasteiger partial charge in [0.1, 0.15) is 5.60 Å². The highest BCUT2D eigenvalue weighted by molar-refractivity contribution is 5.97. The minimum Gasteiger partial charge on any atom is -0.380 e. The van der Waals surface area contributed by atoms with Gasteiger partial charge in [-0.05, 0) is 57.4 Å². The second kappa shape index (κ2) is 5.00. The Labute approximate surface area is 123 Å². The second-order valence-corrected chi connectivity index (χ2v) is 5.67. The topological polar surface area (TPSA) is 67.2 Å². The zero-order valence-corrected chi connectivity index (χ0v) is 12.3. The summed E-state index contributed by atoms with van der Waals surface area (Å²) in [5.41, 5.74) is 2.61. The zero-order chi connectivity index (χ0) is 15.0. The molecule has 1 aliphatic carbocycles. The van der Waals surface area contributed by atoms with Crippen molar-refractivity contribution < 1.29 is 9.90 Å². The first-order valence-corrected chi connectivity index (χ1v) is 7.14. The predicted octanol–water partition coefficient (Wildman–Crippen LogP) is 2.34. The SMILES string of the molecule is Cc1ncn(-c2ccc(NC(=O)C3(O)CCC3)cc2)c1C. The summed E-state index contributed by atoms with van der Waals surface area (Å²) >= 11 is 0. The average Bonchev–Trinajstić information content (AvgIpc) is 2.77. The molecule has 2 aromatic rings.